The summed E-state index contributed by atoms with van der Waals surface area (Å²) >= 11 is 0. The monoisotopic (exact) mass is 303 g/mol. The Morgan fingerprint density at radius 3 is 2.55 bits per heavy atom. The average Bonchev–Trinajstić information content (AvgIpc) is 2.53. The van der Waals surface area contributed by atoms with Gasteiger partial charge in [0.15, 0.2) is 5.69 Å². The van der Waals surface area contributed by atoms with Gasteiger partial charge in [0, 0.05) is 5.56 Å². The van der Waals surface area contributed by atoms with Crippen LogP contribution >= 0.6 is 0 Å². The lowest BCUT2D eigenvalue weighted by molar-refractivity contribution is -0.139. The zero-order chi connectivity index (χ0) is 16.1. The van der Waals surface area contributed by atoms with Crippen LogP contribution in [0.3, 0.4) is 0 Å². The Labute approximate surface area is 126 Å². The molecule has 0 radical (unpaired) electrons. The second-order valence-corrected chi connectivity index (χ2v) is 4.40. The predicted octanol–water partition coefficient (Wildman–Crippen LogP) is 1.37. The fourth-order valence-electron chi connectivity index (χ4n) is 1.74. The van der Waals surface area contributed by atoms with E-state index < -0.39 is 11.9 Å². The van der Waals surface area contributed by atoms with E-state index in [0.29, 0.717) is 11.3 Å². The first-order valence-electron chi connectivity index (χ1n) is 6.38. The molecule has 0 saturated heterocycles. The Morgan fingerprint density at radius 2 is 1.91 bits per heavy atom. The minimum Gasteiger partial charge on any atom is -0.468 e. The van der Waals surface area contributed by atoms with Crippen LogP contribution in [-0.4, -0.2) is 30.5 Å². The number of benzene rings is 1. The Hall–Kier alpha value is -2.96. The number of hydrogen-bond acceptors (Lipinski definition) is 5. The Balaban J connectivity index is 2.25. The maximum atomic E-state index is 12.9. The second kappa shape index (κ2) is 6.66. The highest BCUT2D eigenvalue weighted by Gasteiger charge is 2.14. The average molecular weight is 303 g/mol. The molecule has 0 aliphatic heterocycles. The van der Waals surface area contributed by atoms with Crippen molar-refractivity contribution in [3.05, 3.63) is 47.9 Å². The third-order valence-corrected chi connectivity index (χ3v) is 2.90. The molecule has 2 rings (SSSR count). The molecule has 0 bridgehead atoms. The highest BCUT2D eigenvalue weighted by atomic mass is 19.1. The zero-order valence-corrected chi connectivity index (χ0v) is 11.8. The van der Waals surface area contributed by atoms with Crippen molar-refractivity contribution in [3.8, 4) is 11.3 Å². The number of nitrogen functional groups attached to an aromatic ring is 1. The summed E-state index contributed by atoms with van der Waals surface area (Å²) in [7, 11) is 1.22. The fourth-order valence-corrected chi connectivity index (χ4v) is 1.74. The molecule has 114 valence electrons. The van der Waals surface area contributed by atoms with Crippen LogP contribution in [0, 0.1) is 5.82 Å². The third-order valence-electron chi connectivity index (χ3n) is 2.90. The maximum absolute atomic E-state index is 12.9. The van der Waals surface area contributed by atoms with Gasteiger partial charge < -0.3 is 15.8 Å². The molecule has 6 nitrogen and oxygen atoms in total. The molecule has 22 heavy (non-hydrogen) atoms. The number of rotatable bonds is 4. The number of nitrogens with zero attached hydrogens (tertiary/aromatic N) is 1. The van der Waals surface area contributed by atoms with Gasteiger partial charge in [-0.1, -0.05) is 0 Å². The van der Waals surface area contributed by atoms with E-state index in [4.69, 9.17) is 5.73 Å². The molecule has 1 amide bonds. The zero-order valence-electron chi connectivity index (χ0n) is 11.8. The van der Waals surface area contributed by atoms with Crippen LogP contribution in [0.1, 0.15) is 10.5 Å². The molecule has 7 heteroatoms. The number of aromatic nitrogens is 1. The van der Waals surface area contributed by atoms with Crippen molar-refractivity contribution in [2.75, 3.05) is 19.4 Å². The number of halogens is 1. The van der Waals surface area contributed by atoms with E-state index in [1.54, 1.807) is 18.2 Å². The molecule has 1 aromatic carbocycles. The van der Waals surface area contributed by atoms with Gasteiger partial charge in [0.1, 0.15) is 12.4 Å². The minimum absolute atomic E-state index is 0.00859. The van der Waals surface area contributed by atoms with E-state index in [2.05, 4.69) is 15.0 Å². The molecule has 0 unspecified atom stereocenters. The molecule has 2 aromatic rings. The van der Waals surface area contributed by atoms with E-state index >= 15 is 0 Å². The SMILES string of the molecule is COC(=O)CNC(=O)c1nc(-c2ccc(F)cc2)ccc1N. The number of carbonyl (C=O) groups is 2. The van der Waals surface area contributed by atoms with Crippen LogP contribution in [0.4, 0.5) is 10.1 Å². The number of hydrogen-bond donors (Lipinski definition) is 2. The highest BCUT2D eigenvalue weighted by Crippen LogP contribution is 2.20. The molecular formula is C15H14FN3O3. The van der Waals surface area contributed by atoms with Crippen LogP contribution in [-0.2, 0) is 9.53 Å². The van der Waals surface area contributed by atoms with Crippen molar-refractivity contribution < 1.29 is 18.7 Å². The van der Waals surface area contributed by atoms with Gasteiger partial charge in [0.2, 0.25) is 0 Å². The predicted molar refractivity (Wildman–Crippen MR) is 78.4 cm³/mol. The minimum atomic E-state index is -0.591. The lowest BCUT2D eigenvalue weighted by Gasteiger charge is -2.08. The van der Waals surface area contributed by atoms with E-state index in [-0.39, 0.29) is 23.7 Å². The summed E-state index contributed by atoms with van der Waals surface area (Å²) in [6, 6.07) is 8.83. The molecular weight excluding hydrogens is 289 g/mol. The number of nitrogens with one attached hydrogen (secondary N) is 1. The normalized spacial score (nSPS) is 10.1. The molecule has 3 N–H and O–H groups in total. The molecule has 0 atom stereocenters. The Bertz CT molecular complexity index is 702. The van der Waals surface area contributed by atoms with E-state index in [1.807, 2.05) is 0 Å². The standard InChI is InChI=1S/C15H14FN3O3/c1-22-13(20)8-18-15(21)14-11(17)6-7-12(19-14)9-2-4-10(16)5-3-9/h2-7H,8,17H2,1H3,(H,18,21). The number of pyridine rings is 1. The van der Waals surface area contributed by atoms with Crippen LogP contribution < -0.4 is 11.1 Å². The summed E-state index contributed by atoms with van der Waals surface area (Å²) in [4.78, 5) is 27.2. The summed E-state index contributed by atoms with van der Waals surface area (Å²) in [6.45, 7) is -0.281. The van der Waals surface area contributed by atoms with Gasteiger partial charge in [-0.3, -0.25) is 9.59 Å². The van der Waals surface area contributed by atoms with Gasteiger partial charge in [-0.25, -0.2) is 9.37 Å². The lowest BCUT2D eigenvalue weighted by Crippen LogP contribution is -2.31. The van der Waals surface area contributed by atoms with Crippen molar-refractivity contribution in [2.24, 2.45) is 0 Å². The Kier molecular flexibility index (Phi) is 4.67. The molecule has 0 saturated carbocycles. The number of amides is 1. The first-order chi connectivity index (χ1) is 10.5. The van der Waals surface area contributed by atoms with Crippen LogP contribution in [0.2, 0.25) is 0 Å². The highest BCUT2D eigenvalue weighted by molar-refractivity contribution is 5.99. The molecule has 0 aliphatic carbocycles. The number of methoxy groups -OCH3 is 1. The second-order valence-electron chi connectivity index (χ2n) is 4.40. The molecule has 0 fully saturated rings. The smallest absolute Gasteiger partial charge is 0.325 e. The van der Waals surface area contributed by atoms with E-state index in [9.17, 15) is 14.0 Å². The lowest BCUT2D eigenvalue weighted by atomic mass is 10.1. The summed E-state index contributed by atoms with van der Waals surface area (Å²) in [5.41, 5.74) is 7.01. The largest absolute Gasteiger partial charge is 0.468 e. The van der Waals surface area contributed by atoms with E-state index in [0.717, 1.165) is 0 Å². The topological polar surface area (TPSA) is 94.3 Å². The Morgan fingerprint density at radius 1 is 1.23 bits per heavy atom. The summed E-state index contributed by atoms with van der Waals surface area (Å²) in [5, 5.41) is 2.36. The number of carbonyl (C=O) groups excluding carboxylic acids is 2. The van der Waals surface area contributed by atoms with Crippen molar-refractivity contribution in [3.63, 3.8) is 0 Å². The van der Waals surface area contributed by atoms with Crippen molar-refractivity contribution in [2.45, 2.75) is 0 Å². The summed E-state index contributed by atoms with van der Waals surface area (Å²) in [6.07, 6.45) is 0. The van der Waals surface area contributed by atoms with Gasteiger partial charge in [-0.2, -0.15) is 0 Å². The van der Waals surface area contributed by atoms with Gasteiger partial charge in [-0.05, 0) is 36.4 Å². The van der Waals surface area contributed by atoms with E-state index in [1.165, 1.54) is 25.3 Å². The summed E-state index contributed by atoms with van der Waals surface area (Å²) < 4.78 is 17.4. The van der Waals surface area contributed by atoms with Gasteiger partial charge in [0.25, 0.3) is 5.91 Å². The quantitative estimate of drug-likeness (QED) is 0.832. The van der Waals surface area contributed by atoms with Gasteiger partial charge in [0.05, 0.1) is 18.5 Å². The summed E-state index contributed by atoms with van der Waals surface area (Å²) in [5.74, 6) is -1.54. The molecule has 0 spiro atoms. The van der Waals surface area contributed by atoms with Crippen molar-refractivity contribution in [1.82, 2.24) is 10.3 Å². The number of ether oxygens (including phenoxy) is 1. The molecule has 0 aliphatic rings. The van der Waals surface area contributed by atoms with Crippen LogP contribution in [0.15, 0.2) is 36.4 Å². The third kappa shape index (κ3) is 3.57. The van der Waals surface area contributed by atoms with Gasteiger partial charge >= 0.3 is 5.97 Å². The van der Waals surface area contributed by atoms with Crippen LogP contribution in [0.5, 0.6) is 0 Å². The molecule has 1 aromatic heterocycles. The first-order valence-corrected chi connectivity index (χ1v) is 6.38. The van der Waals surface area contributed by atoms with Crippen molar-refractivity contribution >= 4 is 17.6 Å². The number of esters is 1. The molecule has 1 heterocycles. The fraction of sp³-hybridized carbons (Fsp3) is 0.133. The van der Waals surface area contributed by atoms with Gasteiger partial charge in [-0.15, -0.1) is 0 Å². The van der Waals surface area contributed by atoms with Crippen molar-refractivity contribution in [1.29, 1.82) is 0 Å². The van der Waals surface area contributed by atoms with Crippen LogP contribution in [0.25, 0.3) is 11.3 Å². The first kappa shape index (κ1) is 15.4. The number of nitrogens with two attached hydrogens (primary N) is 1. The number of anilines is 1. The maximum Gasteiger partial charge on any atom is 0.325 e.